The highest BCUT2D eigenvalue weighted by atomic mass is 19.1. The molecule has 5 nitrogen and oxygen atoms in total. The minimum atomic E-state index is -1.17. The Hall–Kier alpha value is -2.24. The van der Waals surface area contributed by atoms with E-state index in [1.54, 1.807) is 4.68 Å². The molecule has 2 saturated carbocycles. The summed E-state index contributed by atoms with van der Waals surface area (Å²) in [6.07, 6.45) is 3.42. The second-order valence-electron chi connectivity index (χ2n) is 7.04. The number of halogens is 1. The smallest absolute Gasteiger partial charge is 0.294 e. The van der Waals surface area contributed by atoms with Gasteiger partial charge in [0.05, 0.1) is 6.04 Å². The summed E-state index contributed by atoms with van der Waals surface area (Å²) in [5.74, 6) is 0.326. The number of rotatable bonds is 4. The average molecular weight is 326 g/mol. The third kappa shape index (κ3) is 2.24. The number of benzene rings is 1. The van der Waals surface area contributed by atoms with E-state index in [0.717, 1.165) is 31.2 Å². The lowest BCUT2D eigenvalue weighted by atomic mass is 10.0. The van der Waals surface area contributed by atoms with Crippen molar-refractivity contribution in [2.75, 3.05) is 0 Å². The van der Waals surface area contributed by atoms with E-state index >= 15 is 0 Å². The van der Waals surface area contributed by atoms with Crippen molar-refractivity contribution in [3.8, 4) is 0 Å². The fourth-order valence-corrected chi connectivity index (χ4v) is 3.67. The van der Waals surface area contributed by atoms with Gasteiger partial charge >= 0.3 is 0 Å². The highest BCUT2D eigenvalue weighted by Gasteiger charge is 2.44. The lowest BCUT2D eigenvalue weighted by Crippen LogP contribution is -2.36. The monoisotopic (exact) mass is 326 g/mol. The van der Waals surface area contributed by atoms with Crippen LogP contribution in [-0.2, 0) is 0 Å². The quantitative estimate of drug-likeness (QED) is 0.868. The normalized spacial score (nSPS) is 25.5. The first-order chi connectivity index (χ1) is 11.7. The Bertz CT molecular complexity index is 770. The number of carbonyl (C=O) groups excluding carboxylic acids is 1. The minimum Gasteiger partial charge on any atom is -0.330 e. The van der Waals surface area contributed by atoms with E-state index in [0.29, 0.717) is 24.3 Å². The van der Waals surface area contributed by atoms with Gasteiger partial charge in [-0.15, -0.1) is 5.10 Å². The summed E-state index contributed by atoms with van der Waals surface area (Å²) in [5.41, 5.74) is 1.00. The number of hydrogen-bond donors (Lipinski definition) is 0. The summed E-state index contributed by atoms with van der Waals surface area (Å²) < 4.78 is 16.0. The maximum Gasteiger partial charge on any atom is 0.294 e. The topological polar surface area (TPSA) is 51.0 Å². The molecule has 2 aromatic rings. The predicted octanol–water partition coefficient (Wildman–Crippen LogP) is 3.05. The summed E-state index contributed by atoms with van der Waals surface area (Å²) in [6.45, 7) is 0. The van der Waals surface area contributed by atoms with E-state index in [9.17, 15) is 9.18 Å². The second kappa shape index (κ2) is 5.13. The zero-order valence-corrected chi connectivity index (χ0v) is 13.3. The molecule has 2 fully saturated rings. The molecule has 3 aliphatic rings. The van der Waals surface area contributed by atoms with E-state index in [4.69, 9.17) is 0 Å². The summed E-state index contributed by atoms with van der Waals surface area (Å²) in [4.78, 5) is 19.0. The fourth-order valence-electron chi connectivity index (χ4n) is 3.67. The lowest BCUT2D eigenvalue weighted by Gasteiger charge is -2.20. The number of nitrogens with zero attached hydrogens (tertiary/aromatic N) is 4. The number of hydrogen-bond acceptors (Lipinski definition) is 3. The number of aromatic nitrogens is 3. The van der Waals surface area contributed by atoms with Gasteiger partial charge in [0.1, 0.15) is 0 Å². The molecule has 0 spiro atoms. The van der Waals surface area contributed by atoms with Gasteiger partial charge in [0.25, 0.3) is 5.91 Å². The Balaban J connectivity index is 1.48. The van der Waals surface area contributed by atoms with Crippen molar-refractivity contribution >= 4 is 5.91 Å². The van der Waals surface area contributed by atoms with Crippen LogP contribution < -0.4 is 0 Å². The first-order valence-corrected chi connectivity index (χ1v) is 8.70. The highest BCUT2D eigenvalue weighted by molar-refractivity contribution is 5.91. The van der Waals surface area contributed by atoms with Crippen LogP contribution in [0.2, 0.25) is 0 Å². The van der Waals surface area contributed by atoms with Gasteiger partial charge in [-0.2, -0.15) is 0 Å². The molecule has 0 radical (unpaired) electrons. The third-order valence-electron chi connectivity index (χ3n) is 5.15. The Morgan fingerprint density at radius 3 is 2.42 bits per heavy atom. The van der Waals surface area contributed by atoms with Crippen LogP contribution in [0, 0.1) is 0 Å². The standard InChI is InChI=1S/C18H19FN4O/c19-14-10-15(11-4-2-1-3-5-11)23-17(14)20-16(21-23)18(24)22(12-6-7-12)13-8-9-13/h1-5,12-15H,6-10H2. The molecule has 1 aliphatic heterocycles. The van der Waals surface area contributed by atoms with Crippen molar-refractivity contribution in [1.29, 1.82) is 0 Å². The molecule has 1 aromatic heterocycles. The van der Waals surface area contributed by atoms with Crippen molar-refractivity contribution in [1.82, 2.24) is 19.7 Å². The van der Waals surface area contributed by atoms with Gasteiger partial charge in [0.2, 0.25) is 5.82 Å². The molecule has 2 unspecified atom stereocenters. The Morgan fingerprint density at radius 2 is 1.79 bits per heavy atom. The third-order valence-corrected chi connectivity index (χ3v) is 5.15. The average Bonchev–Trinajstić information content (AvgIpc) is 3.52. The van der Waals surface area contributed by atoms with E-state index in [-0.39, 0.29) is 17.8 Å². The van der Waals surface area contributed by atoms with Crippen molar-refractivity contribution in [2.45, 2.75) is 56.4 Å². The second-order valence-corrected chi connectivity index (χ2v) is 7.04. The molecule has 1 amide bonds. The Kier molecular flexibility index (Phi) is 3.02. The van der Waals surface area contributed by atoms with Crippen LogP contribution in [0.5, 0.6) is 0 Å². The lowest BCUT2D eigenvalue weighted by molar-refractivity contribution is 0.0716. The van der Waals surface area contributed by atoms with Gasteiger partial charge in [-0.05, 0) is 31.2 Å². The molecule has 0 bridgehead atoms. The van der Waals surface area contributed by atoms with Crippen LogP contribution in [0.15, 0.2) is 30.3 Å². The van der Waals surface area contributed by atoms with Crippen molar-refractivity contribution in [3.63, 3.8) is 0 Å². The number of fused-ring (bicyclic) bond motifs is 1. The van der Waals surface area contributed by atoms with Crippen LogP contribution in [-0.4, -0.2) is 37.7 Å². The van der Waals surface area contributed by atoms with Gasteiger partial charge in [0.15, 0.2) is 12.0 Å². The molecule has 24 heavy (non-hydrogen) atoms. The molecule has 6 heteroatoms. The molecule has 2 atom stereocenters. The summed E-state index contributed by atoms with van der Waals surface area (Å²) >= 11 is 0. The van der Waals surface area contributed by atoms with Gasteiger partial charge in [0, 0.05) is 18.5 Å². The molecular weight excluding hydrogens is 307 g/mol. The Labute approximate surface area is 139 Å². The fraction of sp³-hybridized carbons (Fsp3) is 0.500. The first-order valence-electron chi connectivity index (χ1n) is 8.70. The molecule has 1 aromatic carbocycles. The van der Waals surface area contributed by atoms with E-state index in [1.165, 1.54) is 0 Å². The largest absolute Gasteiger partial charge is 0.330 e. The van der Waals surface area contributed by atoms with E-state index in [2.05, 4.69) is 10.1 Å². The van der Waals surface area contributed by atoms with Crippen LogP contribution in [0.25, 0.3) is 0 Å². The summed E-state index contributed by atoms with van der Waals surface area (Å²) in [7, 11) is 0. The SMILES string of the molecule is O=C(c1nc2n(n1)C(c1ccccc1)CC2F)N(C1CC1)C1CC1. The zero-order chi connectivity index (χ0) is 16.3. The zero-order valence-electron chi connectivity index (χ0n) is 13.3. The molecule has 124 valence electrons. The molecule has 2 aliphatic carbocycles. The number of alkyl halides is 1. The van der Waals surface area contributed by atoms with Gasteiger partial charge in [-0.1, -0.05) is 30.3 Å². The minimum absolute atomic E-state index is 0.124. The number of amides is 1. The van der Waals surface area contributed by atoms with Crippen LogP contribution >= 0.6 is 0 Å². The molecule has 2 heterocycles. The maximum atomic E-state index is 14.4. The van der Waals surface area contributed by atoms with Crippen molar-refractivity contribution in [2.24, 2.45) is 0 Å². The van der Waals surface area contributed by atoms with Crippen LogP contribution in [0.1, 0.15) is 66.3 Å². The van der Waals surface area contributed by atoms with Crippen molar-refractivity contribution < 1.29 is 9.18 Å². The molecular formula is C18H19FN4O. The molecule has 0 N–H and O–H groups in total. The van der Waals surface area contributed by atoms with Gasteiger partial charge < -0.3 is 4.90 Å². The van der Waals surface area contributed by atoms with Gasteiger partial charge in [-0.3, -0.25) is 4.79 Å². The van der Waals surface area contributed by atoms with Crippen molar-refractivity contribution in [3.05, 3.63) is 47.5 Å². The molecule has 0 saturated heterocycles. The number of carbonyl (C=O) groups is 1. The highest BCUT2D eigenvalue weighted by Crippen LogP contribution is 2.41. The van der Waals surface area contributed by atoms with Crippen LogP contribution in [0.3, 0.4) is 0 Å². The Morgan fingerprint density at radius 1 is 1.12 bits per heavy atom. The van der Waals surface area contributed by atoms with Gasteiger partial charge in [-0.25, -0.2) is 14.1 Å². The maximum absolute atomic E-state index is 14.4. The summed E-state index contributed by atoms with van der Waals surface area (Å²) in [6, 6.07) is 10.2. The molecule has 5 rings (SSSR count). The summed E-state index contributed by atoms with van der Waals surface area (Å²) in [5, 5.41) is 4.41. The predicted molar refractivity (Wildman–Crippen MR) is 85.3 cm³/mol. The van der Waals surface area contributed by atoms with Crippen LogP contribution in [0.4, 0.5) is 4.39 Å². The van der Waals surface area contributed by atoms with E-state index in [1.807, 2.05) is 35.2 Å². The van der Waals surface area contributed by atoms with E-state index < -0.39 is 6.17 Å². The first kappa shape index (κ1) is 14.1.